The van der Waals surface area contributed by atoms with Gasteiger partial charge in [-0.1, -0.05) is 0 Å². The smallest absolute Gasteiger partial charge is 0.291 e. The topological polar surface area (TPSA) is 102 Å². The highest BCUT2D eigenvalue weighted by atomic mass is 16.3. The van der Waals surface area contributed by atoms with Crippen molar-refractivity contribution in [2.75, 3.05) is 18.4 Å². The van der Waals surface area contributed by atoms with Crippen molar-refractivity contribution in [1.82, 2.24) is 29.6 Å². The number of hydrogen-bond donors (Lipinski definition) is 1. The predicted molar refractivity (Wildman–Crippen MR) is 92.2 cm³/mol. The van der Waals surface area contributed by atoms with Crippen LogP contribution in [0.15, 0.2) is 41.5 Å². The van der Waals surface area contributed by atoms with Crippen molar-refractivity contribution in [2.24, 2.45) is 5.92 Å². The number of amides is 1. The number of aryl methyl sites for hydroxylation is 1. The van der Waals surface area contributed by atoms with Crippen LogP contribution in [0.5, 0.6) is 0 Å². The monoisotopic (exact) mass is 353 g/mol. The molecule has 0 bridgehead atoms. The van der Waals surface area contributed by atoms with Crippen molar-refractivity contribution < 1.29 is 9.21 Å². The Kier molecular flexibility index (Phi) is 4.34. The van der Waals surface area contributed by atoms with Gasteiger partial charge < -0.3 is 14.6 Å². The van der Waals surface area contributed by atoms with Gasteiger partial charge in [0, 0.05) is 44.1 Å². The molecule has 0 saturated carbocycles. The van der Waals surface area contributed by atoms with E-state index in [9.17, 15) is 4.79 Å². The molecule has 0 spiro atoms. The Bertz CT molecular complexity index is 889. The van der Waals surface area contributed by atoms with E-state index < -0.39 is 0 Å². The second-order valence-electron chi connectivity index (χ2n) is 6.28. The van der Waals surface area contributed by atoms with E-state index in [0.29, 0.717) is 37.8 Å². The summed E-state index contributed by atoms with van der Waals surface area (Å²) in [6.07, 6.45) is 6.44. The van der Waals surface area contributed by atoms with Gasteiger partial charge in [-0.25, -0.2) is 15.0 Å². The van der Waals surface area contributed by atoms with Gasteiger partial charge in [0.2, 0.25) is 11.7 Å². The van der Waals surface area contributed by atoms with Crippen LogP contribution in [-0.2, 0) is 13.1 Å². The molecule has 0 fully saturated rings. The Morgan fingerprint density at radius 3 is 2.88 bits per heavy atom. The third-order valence-corrected chi connectivity index (χ3v) is 4.41. The van der Waals surface area contributed by atoms with Crippen LogP contribution in [-0.4, -0.2) is 48.6 Å². The quantitative estimate of drug-likeness (QED) is 0.755. The van der Waals surface area contributed by atoms with Gasteiger partial charge in [-0.3, -0.25) is 9.48 Å². The standard InChI is InChI=1S/C17H19N7O2/c1-12-15(26-11-21-12)16(25)23-8-13(7-20-17-18-4-2-5-19-17)9-24-14(10-23)3-6-22-24/h2-6,11,13H,7-10H2,1H3,(H,18,19,20). The number of rotatable bonds is 4. The summed E-state index contributed by atoms with van der Waals surface area (Å²) in [7, 11) is 0. The molecule has 0 saturated heterocycles. The first kappa shape index (κ1) is 16.2. The third-order valence-electron chi connectivity index (χ3n) is 4.41. The molecule has 1 unspecified atom stereocenters. The summed E-state index contributed by atoms with van der Waals surface area (Å²) in [5.41, 5.74) is 1.59. The molecule has 1 amide bonds. The van der Waals surface area contributed by atoms with E-state index in [1.54, 1.807) is 36.5 Å². The van der Waals surface area contributed by atoms with E-state index in [0.717, 1.165) is 5.69 Å². The third kappa shape index (κ3) is 3.28. The fraction of sp³-hybridized carbons (Fsp3) is 0.353. The van der Waals surface area contributed by atoms with Gasteiger partial charge in [-0.2, -0.15) is 5.10 Å². The summed E-state index contributed by atoms with van der Waals surface area (Å²) in [5.74, 6) is 0.847. The van der Waals surface area contributed by atoms with E-state index in [1.165, 1.54) is 6.39 Å². The number of carbonyl (C=O) groups is 1. The molecule has 1 atom stereocenters. The van der Waals surface area contributed by atoms with E-state index in [-0.39, 0.29) is 17.6 Å². The summed E-state index contributed by atoms with van der Waals surface area (Å²) in [4.78, 5) is 27.1. The van der Waals surface area contributed by atoms with Crippen LogP contribution in [0.1, 0.15) is 21.9 Å². The number of hydrogen-bond acceptors (Lipinski definition) is 7. The maximum atomic E-state index is 12.9. The van der Waals surface area contributed by atoms with Gasteiger partial charge in [-0.05, 0) is 19.1 Å². The van der Waals surface area contributed by atoms with Crippen LogP contribution in [0.3, 0.4) is 0 Å². The molecule has 26 heavy (non-hydrogen) atoms. The maximum absolute atomic E-state index is 12.9. The lowest BCUT2D eigenvalue weighted by atomic mass is 10.1. The highest BCUT2D eigenvalue weighted by Gasteiger charge is 2.28. The van der Waals surface area contributed by atoms with E-state index in [1.807, 2.05) is 10.7 Å². The molecule has 9 nitrogen and oxygen atoms in total. The molecular formula is C17H19N7O2. The van der Waals surface area contributed by atoms with Crippen LogP contribution in [0, 0.1) is 12.8 Å². The molecular weight excluding hydrogens is 334 g/mol. The number of oxazole rings is 1. The molecule has 0 aromatic carbocycles. The first-order valence-electron chi connectivity index (χ1n) is 8.41. The van der Waals surface area contributed by atoms with Gasteiger partial charge >= 0.3 is 0 Å². The maximum Gasteiger partial charge on any atom is 0.291 e. The van der Waals surface area contributed by atoms with Crippen molar-refractivity contribution in [3.05, 3.63) is 54.3 Å². The number of anilines is 1. The van der Waals surface area contributed by atoms with Crippen molar-refractivity contribution in [3.63, 3.8) is 0 Å². The SMILES string of the molecule is Cc1ncoc1C(=O)N1Cc2ccnn2CC(CNc2ncccn2)C1. The van der Waals surface area contributed by atoms with E-state index >= 15 is 0 Å². The Morgan fingerprint density at radius 1 is 1.27 bits per heavy atom. The lowest BCUT2D eigenvalue weighted by molar-refractivity contribution is 0.0691. The van der Waals surface area contributed by atoms with Gasteiger partial charge in [0.05, 0.1) is 17.9 Å². The van der Waals surface area contributed by atoms with E-state index in [4.69, 9.17) is 4.42 Å². The molecule has 1 aliphatic rings. The van der Waals surface area contributed by atoms with Crippen LogP contribution >= 0.6 is 0 Å². The summed E-state index contributed by atoms with van der Waals surface area (Å²) in [5, 5.41) is 7.61. The predicted octanol–water partition coefficient (Wildman–Crippen LogP) is 1.35. The molecule has 9 heteroatoms. The van der Waals surface area contributed by atoms with Crippen LogP contribution < -0.4 is 5.32 Å². The zero-order chi connectivity index (χ0) is 17.9. The van der Waals surface area contributed by atoms with Crippen molar-refractivity contribution in [3.8, 4) is 0 Å². The molecule has 3 aromatic rings. The van der Waals surface area contributed by atoms with Crippen LogP contribution in [0.2, 0.25) is 0 Å². The van der Waals surface area contributed by atoms with Crippen LogP contribution in [0.4, 0.5) is 5.95 Å². The fourth-order valence-corrected chi connectivity index (χ4v) is 3.09. The van der Waals surface area contributed by atoms with Gasteiger partial charge in [0.25, 0.3) is 5.91 Å². The first-order chi connectivity index (χ1) is 12.7. The lowest BCUT2D eigenvalue weighted by Crippen LogP contribution is -2.36. The molecule has 4 heterocycles. The summed E-state index contributed by atoms with van der Waals surface area (Å²) >= 11 is 0. The number of carbonyl (C=O) groups excluding carboxylic acids is 1. The zero-order valence-electron chi connectivity index (χ0n) is 14.4. The Balaban J connectivity index is 1.53. The van der Waals surface area contributed by atoms with E-state index in [2.05, 4.69) is 25.4 Å². The average molecular weight is 353 g/mol. The molecule has 3 aromatic heterocycles. The van der Waals surface area contributed by atoms with Gasteiger partial charge in [0.15, 0.2) is 6.39 Å². The van der Waals surface area contributed by atoms with Gasteiger partial charge in [0.1, 0.15) is 0 Å². The van der Waals surface area contributed by atoms with Crippen LogP contribution in [0.25, 0.3) is 0 Å². The molecule has 0 aliphatic carbocycles. The molecule has 134 valence electrons. The minimum Gasteiger partial charge on any atom is -0.438 e. The molecule has 1 N–H and O–H groups in total. The Labute approximate surface area is 150 Å². The normalized spacial score (nSPS) is 16.8. The zero-order valence-corrected chi connectivity index (χ0v) is 14.4. The Hall–Kier alpha value is -3.23. The summed E-state index contributed by atoms with van der Waals surface area (Å²) < 4.78 is 7.24. The van der Waals surface area contributed by atoms with Crippen molar-refractivity contribution in [1.29, 1.82) is 0 Å². The number of fused-ring (bicyclic) bond motifs is 1. The molecule has 4 rings (SSSR count). The average Bonchev–Trinajstić information content (AvgIpc) is 3.24. The Morgan fingerprint density at radius 2 is 2.12 bits per heavy atom. The number of nitrogens with one attached hydrogen (secondary N) is 1. The first-order valence-corrected chi connectivity index (χ1v) is 8.41. The second kappa shape index (κ2) is 6.95. The van der Waals surface area contributed by atoms with Crippen molar-refractivity contribution in [2.45, 2.75) is 20.0 Å². The largest absolute Gasteiger partial charge is 0.438 e. The highest BCUT2D eigenvalue weighted by Crippen LogP contribution is 2.19. The van der Waals surface area contributed by atoms with Gasteiger partial charge in [-0.15, -0.1) is 0 Å². The minimum absolute atomic E-state index is 0.145. The van der Waals surface area contributed by atoms with Crippen molar-refractivity contribution >= 4 is 11.9 Å². The number of aromatic nitrogens is 5. The summed E-state index contributed by atoms with van der Waals surface area (Å²) in [6, 6.07) is 3.70. The summed E-state index contributed by atoms with van der Waals surface area (Å²) in [6.45, 7) is 4.16. The minimum atomic E-state index is -0.157. The second-order valence-corrected chi connectivity index (χ2v) is 6.28. The highest BCUT2D eigenvalue weighted by molar-refractivity contribution is 5.92. The lowest BCUT2D eigenvalue weighted by Gasteiger charge is -2.23. The molecule has 1 aliphatic heterocycles. The fourth-order valence-electron chi connectivity index (χ4n) is 3.09. The molecule has 0 radical (unpaired) electrons. The number of nitrogens with zero attached hydrogens (tertiary/aromatic N) is 6.